The molecule has 0 aromatic heterocycles. The van der Waals surface area contributed by atoms with E-state index in [2.05, 4.69) is 0 Å². The van der Waals surface area contributed by atoms with E-state index in [4.69, 9.17) is 42.6 Å². The molecule has 0 radical (unpaired) electrons. The molecule has 6 aromatic carbocycles. The number of ether oxygens (including phenoxy) is 9. The molecule has 1 N–H and O–H groups in total. The Labute approximate surface area is 376 Å². The zero-order chi connectivity index (χ0) is 43.6. The van der Waals surface area contributed by atoms with Crippen LogP contribution in [0.5, 0.6) is 0 Å². The van der Waals surface area contributed by atoms with E-state index in [9.17, 15) is 5.11 Å². The lowest BCUT2D eigenvalue weighted by atomic mass is 9.97. The molecule has 0 amide bonds. The molecule has 8 rings (SSSR count). The molecule has 0 saturated carbocycles. The summed E-state index contributed by atoms with van der Waals surface area (Å²) in [6.45, 7) is 2.17. The number of hydrogen-bond acceptors (Lipinski definition) is 10. The molecule has 2 aliphatic heterocycles. The predicted octanol–water partition coefficient (Wildman–Crippen LogP) is 8.98. The highest BCUT2D eigenvalue weighted by Gasteiger charge is 2.49. The molecule has 0 aliphatic carbocycles. The Kier molecular flexibility index (Phi) is 17.3. The standard InChI is InChI=1S/C54H58O10/c55-54-53(62-37-45-29-17-6-18-30-45)52(61-36-44-27-15-5-16-28-44)51(60-35-43-25-13-4-14-26-43)48(64-54)39-58-49-31-46(57-33-41-21-9-2-10-22-41)50(59-34-42-23-11-3-12-24-42)47(63-49)38-56-32-40-19-7-1-8-20-40/h1-30,46-55H,31-39H2/t46-,47-,48-,49-,50+,51-,52+,53-,54-/m1/s1. The molecule has 2 saturated heterocycles. The molecule has 0 unspecified atom stereocenters. The van der Waals surface area contributed by atoms with Crippen molar-refractivity contribution in [1.82, 2.24) is 0 Å². The van der Waals surface area contributed by atoms with Crippen LogP contribution in [0.25, 0.3) is 0 Å². The van der Waals surface area contributed by atoms with E-state index in [0.717, 1.165) is 33.4 Å². The minimum atomic E-state index is -1.35. The van der Waals surface area contributed by atoms with Gasteiger partial charge < -0.3 is 47.7 Å². The average molecular weight is 867 g/mol. The summed E-state index contributed by atoms with van der Waals surface area (Å²) in [6, 6.07) is 59.9. The van der Waals surface area contributed by atoms with Gasteiger partial charge in [-0.2, -0.15) is 0 Å². The summed E-state index contributed by atoms with van der Waals surface area (Å²) in [7, 11) is 0. The Morgan fingerprint density at radius 2 is 0.719 bits per heavy atom. The molecule has 2 heterocycles. The van der Waals surface area contributed by atoms with Crippen LogP contribution in [0, 0.1) is 0 Å². The largest absolute Gasteiger partial charge is 0.374 e. The van der Waals surface area contributed by atoms with E-state index in [-0.39, 0.29) is 33.0 Å². The Balaban J connectivity index is 1.03. The minimum Gasteiger partial charge on any atom is -0.374 e. The highest BCUT2D eigenvalue weighted by molar-refractivity contribution is 5.18. The van der Waals surface area contributed by atoms with Crippen molar-refractivity contribution in [2.24, 2.45) is 0 Å². The minimum absolute atomic E-state index is 0.0102. The van der Waals surface area contributed by atoms with Crippen molar-refractivity contribution in [1.29, 1.82) is 0 Å². The molecule has 9 atom stereocenters. The van der Waals surface area contributed by atoms with E-state index < -0.39 is 55.3 Å². The molecule has 0 spiro atoms. The summed E-state index contributed by atoms with van der Waals surface area (Å²) in [5.74, 6) is 0. The Hall–Kier alpha value is -5.08. The van der Waals surface area contributed by atoms with Gasteiger partial charge in [0.1, 0.15) is 36.6 Å². The van der Waals surface area contributed by atoms with E-state index in [1.54, 1.807) is 0 Å². The zero-order valence-corrected chi connectivity index (χ0v) is 36.0. The molecule has 334 valence electrons. The van der Waals surface area contributed by atoms with E-state index in [1.807, 2.05) is 182 Å². The fourth-order valence-corrected chi connectivity index (χ4v) is 8.02. The SMILES string of the molecule is O[C@@H]1O[C@H](CO[C@H]2C[C@@H](OCc3ccccc3)[C@H](OCc3ccccc3)[C@@H](COCc3ccccc3)O2)[C@@H](OCc2ccccc2)[C@H](OCc2ccccc2)[C@H]1OCc1ccccc1. The van der Waals surface area contributed by atoms with Crippen LogP contribution in [0.15, 0.2) is 182 Å². The summed E-state index contributed by atoms with van der Waals surface area (Å²) >= 11 is 0. The van der Waals surface area contributed by atoms with Crippen LogP contribution < -0.4 is 0 Å². The van der Waals surface area contributed by atoms with Gasteiger partial charge in [-0.25, -0.2) is 0 Å². The van der Waals surface area contributed by atoms with Crippen molar-refractivity contribution >= 4 is 0 Å². The number of aliphatic hydroxyl groups is 1. The second kappa shape index (κ2) is 24.3. The summed E-state index contributed by atoms with van der Waals surface area (Å²) in [5.41, 5.74) is 6.03. The van der Waals surface area contributed by atoms with Crippen molar-refractivity contribution in [2.75, 3.05) is 13.2 Å². The lowest BCUT2D eigenvalue weighted by molar-refractivity contribution is -0.330. The van der Waals surface area contributed by atoms with Crippen LogP contribution in [0.2, 0.25) is 0 Å². The lowest BCUT2D eigenvalue weighted by Crippen LogP contribution is -2.61. The summed E-state index contributed by atoms with van der Waals surface area (Å²) in [6.07, 6.45) is -6.28. The fraction of sp³-hybridized carbons (Fsp3) is 0.333. The van der Waals surface area contributed by atoms with Crippen LogP contribution in [0.1, 0.15) is 39.8 Å². The molecule has 6 aromatic rings. The number of rotatable bonds is 22. The average Bonchev–Trinajstić information content (AvgIpc) is 3.35. The van der Waals surface area contributed by atoms with Crippen LogP contribution in [0.4, 0.5) is 0 Å². The van der Waals surface area contributed by atoms with Crippen molar-refractivity contribution in [2.45, 2.75) is 101 Å². The Morgan fingerprint density at radius 1 is 0.359 bits per heavy atom. The summed E-state index contributed by atoms with van der Waals surface area (Å²) in [5, 5.41) is 11.7. The quantitative estimate of drug-likeness (QED) is 0.0712. The molecule has 2 aliphatic rings. The van der Waals surface area contributed by atoms with Crippen molar-refractivity contribution < 1.29 is 47.7 Å². The van der Waals surface area contributed by atoms with Gasteiger partial charge in [0.15, 0.2) is 12.6 Å². The van der Waals surface area contributed by atoms with Gasteiger partial charge in [0.25, 0.3) is 0 Å². The number of hydrogen-bond donors (Lipinski definition) is 1. The van der Waals surface area contributed by atoms with Crippen molar-refractivity contribution in [3.63, 3.8) is 0 Å². The summed E-state index contributed by atoms with van der Waals surface area (Å²) < 4.78 is 59.5. The molecule has 64 heavy (non-hydrogen) atoms. The predicted molar refractivity (Wildman–Crippen MR) is 241 cm³/mol. The van der Waals surface area contributed by atoms with E-state index >= 15 is 0 Å². The van der Waals surface area contributed by atoms with Gasteiger partial charge in [0.2, 0.25) is 0 Å². The maximum atomic E-state index is 11.7. The smallest absolute Gasteiger partial charge is 0.184 e. The third-order valence-electron chi connectivity index (χ3n) is 11.4. The third-order valence-corrected chi connectivity index (χ3v) is 11.4. The van der Waals surface area contributed by atoms with Gasteiger partial charge >= 0.3 is 0 Å². The van der Waals surface area contributed by atoms with Gasteiger partial charge in [0.05, 0.1) is 59.0 Å². The third kappa shape index (κ3) is 13.5. The van der Waals surface area contributed by atoms with Crippen LogP contribution in [-0.4, -0.2) is 73.6 Å². The first kappa shape index (κ1) is 45.5. The Morgan fingerprint density at radius 3 is 1.17 bits per heavy atom. The van der Waals surface area contributed by atoms with Gasteiger partial charge in [-0.05, 0) is 33.4 Å². The molecule has 2 fully saturated rings. The van der Waals surface area contributed by atoms with Gasteiger partial charge in [-0.1, -0.05) is 182 Å². The molecule has 0 bridgehead atoms. The maximum absolute atomic E-state index is 11.7. The van der Waals surface area contributed by atoms with E-state index in [0.29, 0.717) is 26.2 Å². The highest BCUT2D eigenvalue weighted by atomic mass is 16.7. The Bertz CT molecular complexity index is 2170. The second-order valence-electron chi connectivity index (χ2n) is 16.1. The molecular weight excluding hydrogens is 809 g/mol. The van der Waals surface area contributed by atoms with Gasteiger partial charge in [-0.3, -0.25) is 0 Å². The first-order valence-electron chi connectivity index (χ1n) is 22.1. The molecular formula is C54H58O10. The fourth-order valence-electron chi connectivity index (χ4n) is 8.02. The van der Waals surface area contributed by atoms with Crippen molar-refractivity contribution in [3.8, 4) is 0 Å². The van der Waals surface area contributed by atoms with Crippen LogP contribution in [0.3, 0.4) is 0 Å². The zero-order valence-electron chi connectivity index (χ0n) is 36.0. The normalized spacial score (nSPS) is 24.6. The highest BCUT2D eigenvalue weighted by Crippen LogP contribution is 2.33. The molecule has 10 nitrogen and oxygen atoms in total. The number of benzene rings is 6. The van der Waals surface area contributed by atoms with Gasteiger partial charge in [0, 0.05) is 6.42 Å². The summed E-state index contributed by atoms with van der Waals surface area (Å²) in [4.78, 5) is 0. The van der Waals surface area contributed by atoms with E-state index in [1.165, 1.54) is 0 Å². The molecule has 10 heteroatoms. The van der Waals surface area contributed by atoms with Crippen LogP contribution >= 0.6 is 0 Å². The first-order chi connectivity index (χ1) is 31.6. The van der Waals surface area contributed by atoms with Gasteiger partial charge in [-0.15, -0.1) is 0 Å². The first-order valence-corrected chi connectivity index (χ1v) is 22.1. The monoisotopic (exact) mass is 866 g/mol. The lowest BCUT2D eigenvalue weighted by Gasteiger charge is -2.45. The van der Waals surface area contributed by atoms with Crippen LogP contribution in [-0.2, 0) is 82.3 Å². The topological polar surface area (TPSA) is 103 Å². The second-order valence-corrected chi connectivity index (χ2v) is 16.1. The van der Waals surface area contributed by atoms with Crippen molar-refractivity contribution in [3.05, 3.63) is 215 Å². The maximum Gasteiger partial charge on any atom is 0.184 e. The number of aliphatic hydroxyl groups excluding tert-OH is 1.